The van der Waals surface area contributed by atoms with Crippen molar-refractivity contribution in [2.75, 3.05) is 13.2 Å². The normalized spacial score (nSPS) is 17.7. The van der Waals surface area contributed by atoms with Crippen LogP contribution in [-0.4, -0.2) is 13.2 Å². The largest absolute Gasteiger partial charge is 0.493 e. The van der Waals surface area contributed by atoms with Crippen LogP contribution in [0.5, 0.6) is 5.75 Å². The van der Waals surface area contributed by atoms with E-state index in [4.69, 9.17) is 4.74 Å². The molecule has 0 saturated heterocycles. The summed E-state index contributed by atoms with van der Waals surface area (Å²) in [4.78, 5) is 0. The molecule has 0 aromatic heterocycles. The zero-order valence-corrected chi connectivity index (χ0v) is 14.9. The maximum atomic E-state index is 6.17. The number of nitrogens with one attached hydrogen (secondary N) is 1. The van der Waals surface area contributed by atoms with Gasteiger partial charge in [-0.1, -0.05) is 42.1 Å². The molecule has 3 heteroatoms. The van der Waals surface area contributed by atoms with Crippen molar-refractivity contribution >= 4 is 15.9 Å². The number of rotatable bonds is 7. The van der Waals surface area contributed by atoms with Crippen molar-refractivity contribution in [2.45, 2.75) is 58.4 Å². The third-order valence-electron chi connectivity index (χ3n) is 4.34. The van der Waals surface area contributed by atoms with E-state index in [2.05, 4.69) is 53.3 Å². The van der Waals surface area contributed by atoms with Gasteiger partial charge in [-0.15, -0.1) is 0 Å². The summed E-state index contributed by atoms with van der Waals surface area (Å²) in [5.41, 5.74) is 1.26. The summed E-state index contributed by atoms with van der Waals surface area (Å²) in [5, 5.41) is 3.55. The van der Waals surface area contributed by atoms with Crippen LogP contribution in [0.2, 0.25) is 0 Å². The van der Waals surface area contributed by atoms with Gasteiger partial charge in [0.2, 0.25) is 0 Å². The van der Waals surface area contributed by atoms with Gasteiger partial charge in [0, 0.05) is 16.1 Å². The molecule has 2 rings (SSSR count). The second-order valence-electron chi connectivity index (χ2n) is 6.17. The minimum atomic E-state index is 0.323. The molecule has 1 aromatic carbocycles. The quantitative estimate of drug-likeness (QED) is 0.701. The van der Waals surface area contributed by atoms with Gasteiger partial charge >= 0.3 is 0 Å². The topological polar surface area (TPSA) is 21.3 Å². The molecule has 0 amide bonds. The first kappa shape index (κ1) is 16.8. The fourth-order valence-corrected chi connectivity index (χ4v) is 3.40. The molecule has 2 nitrogen and oxygen atoms in total. The molecule has 1 aliphatic carbocycles. The van der Waals surface area contributed by atoms with E-state index in [-0.39, 0.29) is 0 Å². The summed E-state index contributed by atoms with van der Waals surface area (Å²) in [7, 11) is 0. The van der Waals surface area contributed by atoms with E-state index in [1.165, 1.54) is 37.7 Å². The van der Waals surface area contributed by atoms with Crippen LogP contribution in [0.25, 0.3) is 0 Å². The lowest BCUT2D eigenvalue weighted by Gasteiger charge is -2.24. The Morgan fingerprint density at radius 1 is 1.29 bits per heavy atom. The molecular weight excluding hydrogens is 326 g/mol. The predicted octanol–water partition coefficient (Wildman–Crippen LogP) is 5.47. The van der Waals surface area contributed by atoms with E-state index in [0.717, 1.165) is 35.7 Å². The van der Waals surface area contributed by atoms with Gasteiger partial charge in [-0.2, -0.15) is 0 Å². The second kappa shape index (κ2) is 8.79. The van der Waals surface area contributed by atoms with Gasteiger partial charge < -0.3 is 10.1 Å². The predicted molar refractivity (Wildman–Crippen MR) is 92.9 cm³/mol. The maximum absolute atomic E-state index is 6.17. The van der Waals surface area contributed by atoms with Crippen molar-refractivity contribution in [2.24, 2.45) is 5.92 Å². The lowest BCUT2D eigenvalue weighted by Crippen LogP contribution is -2.21. The van der Waals surface area contributed by atoms with Gasteiger partial charge in [0.1, 0.15) is 5.75 Å². The minimum absolute atomic E-state index is 0.323. The highest BCUT2D eigenvalue weighted by Gasteiger charge is 2.16. The van der Waals surface area contributed by atoms with Crippen LogP contribution in [0.1, 0.15) is 64.0 Å². The highest BCUT2D eigenvalue weighted by Crippen LogP contribution is 2.30. The van der Waals surface area contributed by atoms with Crippen molar-refractivity contribution in [3.05, 3.63) is 28.2 Å². The molecule has 0 spiro atoms. The molecule has 0 heterocycles. The number of hydrogen-bond donors (Lipinski definition) is 1. The Morgan fingerprint density at radius 2 is 2.05 bits per heavy atom. The monoisotopic (exact) mass is 353 g/mol. The zero-order valence-electron chi connectivity index (χ0n) is 13.3. The van der Waals surface area contributed by atoms with Gasteiger partial charge in [0.25, 0.3) is 0 Å². The molecule has 1 aliphatic rings. The molecule has 1 unspecified atom stereocenters. The van der Waals surface area contributed by atoms with Crippen molar-refractivity contribution in [1.82, 2.24) is 5.32 Å². The number of hydrogen-bond acceptors (Lipinski definition) is 2. The van der Waals surface area contributed by atoms with E-state index in [9.17, 15) is 0 Å². The summed E-state index contributed by atoms with van der Waals surface area (Å²) in [5.74, 6) is 1.79. The Morgan fingerprint density at radius 3 is 2.76 bits per heavy atom. The van der Waals surface area contributed by atoms with Crippen LogP contribution in [0.4, 0.5) is 0 Å². The fraction of sp³-hybridized carbons (Fsp3) is 0.667. The summed E-state index contributed by atoms with van der Waals surface area (Å²) >= 11 is 3.58. The van der Waals surface area contributed by atoms with Crippen molar-refractivity contribution < 1.29 is 4.74 Å². The number of halogens is 1. The minimum Gasteiger partial charge on any atom is -0.493 e. The van der Waals surface area contributed by atoms with Gasteiger partial charge in [-0.3, -0.25) is 0 Å². The van der Waals surface area contributed by atoms with E-state index in [1.807, 2.05) is 0 Å². The summed E-state index contributed by atoms with van der Waals surface area (Å²) in [6, 6.07) is 6.69. The summed E-state index contributed by atoms with van der Waals surface area (Å²) < 4.78 is 7.29. The van der Waals surface area contributed by atoms with Crippen LogP contribution in [0.3, 0.4) is 0 Å². The molecule has 0 aliphatic heterocycles. The Kier molecular flexibility index (Phi) is 7.05. The average Bonchev–Trinajstić information content (AvgIpc) is 2.52. The molecule has 1 fully saturated rings. The van der Waals surface area contributed by atoms with Crippen molar-refractivity contribution in [3.8, 4) is 5.75 Å². The SMILES string of the molecule is CCCNC(C)c1cc(Br)ccc1OCC1CCCCC1. The van der Waals surface area contributed by atoms with Gasteiger partial charge in [0.15, 0.2) is 0 Å². The lowest BCUT2D eigenvalue weighted by atomic mass is 9.90. The number of ether oxygens (including phenoxy) is 1. The Balaban J connectivity index is 1.99. The first-order valence-electron chi connectivity index (χ1n) is 8.36. The van der Waals surface area contributed by atoms with Gasteiger partial charge in [0.05, 0.1) is 6.61 Å². The zero-order chi connectivity index (χ0) is 15.1. The Bertz CT molecular complexity index is 429. The molecule has 0 radical (unpaired) electrons. The molecule has 21 heavy (non-hydrogen) atoms. The molecule has 1 atom stereocenters. The molecule has 1 N–H and O–H groups in total. The first-order chi connectivity index (χ1) is 10.2. The Hall–Kier alpha value is -0.540. The van der Waals surface area contributed by atoms with E-state index < -0.39 is 0 Å². The molecule has 1 saturated carbocycles. The highest BCUT2D eigenvalue weighted by atomic mass is 79.9. The third-order valence-corrected chi connectivity index (χ3v) is 4.83. The Labute approximate surface area is 137 Å². The van der Waals surface area contributed by atoms with E-state index in [1.54, 1.807) is 0 Å². The fourth-order valence-electron chi connectivity index (χ4n) is 3.02. The van der Waals surface area contributed by atoms with E-state index in [0.29, 0.717) is 6.04 Å². The van der Waals surface area contributed by atoms with Crippen LogP contribution >= 0.6 is 15.9 Å². The molecular formula is C18H28BrNO. The smallest absolute Gasteiger partial charge is 0.124 e. The molecule has 1 aromatic rings. The summed E-state index contributed by atoms with van der Waals surface area (Å²) in [6.45, 7) is 6.32. The van der Waals surface area contributed by atoms with Crippen molar-refractivity contribution in [1.29, 1.82) is 0 Å². The van der Waals surface area contributed by atoms with Crippen LogP contribution in [-0.2, 0) is 0 Å². The van der Waals surface area contributed by atoms with Crippen molar-refractivity contribution in [3.63, 3.8) is 0 Å². The van der Waals surface area contributed by atoms with E-state index >= 15 is 0 Å². The standard InChI is InChI=1S/C18H28BrNO/c1-3-11-20-14(2)17-12-16(19)9-10-18(17)21-13-15-7-5-4-6-8-15/h9-10,12,14-15,20H,3-8,11,13H2,1-2H3. The average molecular weight is 354 g/mol. The number of benzene rings is 1. The highest BCUT2D eigenvalue weighted by molar-refractivity contribution is 9.10. The first-order valence-corrected chi connectivity index (χ1v) is 9.15. The molecule has 0 bridgehead atoms. The van der Waals surface area contributed by atoms with Crippen LogP contribution in [0, 0.1) is 5.92 Å². The third kappa shape index (κ3) is 5.30. The molecule has 118 valence electrons. The van der Waals surface area contributed by atoms with Crippen LogP contribution < -0.4 is 10.1 Å². The van der Waals surface area contributed by atoms with Gasteiger partial charge in [-0.25, -0.2) is 0 Å². The van der Waals surface area contributed by atoms with Gasteiger partial charge in [-0.05, 0) is 56.8 Å². The lowest BCUT2D eigenvalue weighted by molar-refractivity contribution is 0.206. The van der Waals surface area contributed by atoms with Crippen LogP contribution in [0.15, 0.2) is 22.7 Å². The summed E-state index contributed by atoms with van der Waals surface area (Å²) in [6.07, 6.45) is 7.95. The second-order valence-corrected chi connectivity index (χ2v) is 7.09. The maximum Gasteiger partial charge on any atom is 0.124 e.